The predicted octanol–water partition coefficient (Wildman–Crippen LogP) is 4.24. The molecule has 1 saturated heterocycles. The molecule has 2 fully saturated rings. The second-order valence-corrected chi connectivity index (χ2v) is 13.1. The molecule has 11 nitrogen and oxygen atoms in total. The van der Waals surface area contributed by atoms with Gasteiger partial charge >= 0.3 is 18.0 Å². The minimum atomic E-state index is -3.62. The van der Waals surface area contributed by atoms with Crippen molar-refractivity contribution in [3.63, 3.8) is 0 Å². The monoisotopic (exact) mass is 616 g/mol. The van der Waals surface area contributed by atoms with Crippen LogP contribution in [-0.4, -0.2) is 87.4 Å². The Morgan fingerprint density at radius 1 is 1.14 bits per heavy atom. The van der Waals surface area contributed by atoms with Crippen molar-refractivity contribution in [1.82, 2.24) is 20.2 Å². The van der Waals surface area contributed by atoms with E-state index in [1.54, 1.807) is 52.0 Å². The third kappa shape index (κ3) is 6.25. The van der Waals surface area contributed by atoms with Gasteiger partial charge in [0.25, 0.3) is 0 Å². The average Bonchev–Trinajstić information content (AvgIpc) is 3.52. The molecule has 3 heterocycles. The Bertz CT molecular complexity index is 1460. The number of nitrogens with zero attached hydrogens (tertiary/aromatic N) is 3. The standard InChI is InChI=1S/C31H38F2N4O7/c1-28(2,3)30(18-38)17-37-16-29(4,15-21(37)26(39)40)44-25-24(34-19-9-5-6-10-20(19)35-25)31(32,33)13-8-14-42-22-11-7-12-23(22)43-27(41)36-30/h5-6,8-10,13,18,21-23H,7,11-12,14-17H2,1-4H3,(H,36,41)(H,39,40)/b13-8+/t21-,22+,23+,29+,30+/m0/s1. The molecule has 44 heavy (non-hydrogen) atoms. The maximum absolute atomic E-state index is 15.8. The normalized spacial score (nSPS) is 33.5. The third-order valence-electron chi connectivity index (χ3n) is 8.79. The van der Waals surface area contributed by atoms with Gasteiger partial charge in [-0.05, 0) is 49.8 Å². The smallest absolute Gasteiger partial charge is 0.408 e. The van der Waals surface area contributed by atoms with Gasteiger partial charge in [-0.15, -0.1) is 0 Å². The topological polar surface area (TPSA) is 140 Å². The Balaban J connectivity index is 1.61. The summed E-state index contributed by atoms with van der Waals surface area (Å²) in [5.41, 5.74) is -3.93. The number of allylic oxidation sites excluding steroid dienone is 1. The van der Waals surface area contributed by atoms with E-state index in [0.29, 0.717) is 37.1 Å². The van der Waals surface area contributed by atoms with Crippen LogP contribution >= 0.6 is 0 Å². The van der Waals surface area contributed by atoms with E-state index >= 15 is 8.78 Å². The fourth-order valence-corrected chi connectivity index (χ4v) is 6.18. The number of para-hydroxylation sites is 2. The SMILES string of the molecule is CC(C)(C)[C@]1(C=O)CN2C[C@@](C)(C[C@H]2C(=O)O)Oc2nc3ccccc3nc2C(F)(F)/C=C/CO[C@@H]2CCC[C@H]2OC(=O)N1. The molecular weight excluding hydrogens is 578 g/mol. The van der Waals surface area contributed by atoms with Crippen molar-refractivity contribution in [3.8, 4) is 5.88 Å². The summed E-state index contributed by atoms with van der Waals surface area (Å²) in [6.45, 7) is 6.41. The molecule has 1 aliphatic carbocycles. The Morgan fingerprint density at radius 3 is 2.48 bits per heavy atom. The molecular formula is C31H38F2N4O7. The van der Waals surface area contributed by atoms with Crippen molar-refractivity contribution in [3.05, 3.63) is 42.1 Å². The first-order valence-corrected chi connectivity index (χ1v) is 14.7. The Labute approximate surface area is 253 Å². The Kier molecular flexibility index (Phi) is 8.40. The number of benzene rings is 1. The van der Waals surface area contributed by atoms with E-state index < -0.39 is 64.4 Å². The van der Waals surface area contributed by atoms with Gasteiger partial charge in [0.15, 0.2) is 5.69 Å². The van der Waals surface area contributed by atoms with Crippen molar-refractivity contribution in [2.75, 3.05) is 19.7 Å². The second-order valence-electron chi connectivity index (χ2n) is 13.1. The number of hydrogen-bond donors (Lipinski definition) is 2. The molecule has 13 heteroatoms. The summed E-state index contributed by atoms with van der Waals surface area (Å²) in [5.74, 6) is -5.24. The van der Waals surface area contributed by atoms with Gasteiger partial charge in [-0.25, -0.2) is 14.8 Å². The third-order valence-corrected chi connectivity index (χ3v) is 8.79. The number of alkyl halides is 2. The number of carbonyl (C=O) groups is 3. The molecule has 1 unspecified atom stereocenters. The number of carbonyl (C=O) groups excluding carboxylic acids is 2. The highest BCUT2D eigenvalue weighted by molar-refractivity contribution is 5.79. The fourth-order valence-electron chi connectivity index (χ4n) is 6.18. The highest BCUT2D eigenvalue weighted by Crippen LogP contribution is 2.41. The lowest BCUT2D eigenvalue weighted by atomic mass is 9.74. The van der Waals surface area contributed by atoms with E-state index in [9.17, 15) is 19.5 Å². The van der Waals surface area contributed by atoms with Gasteiger partial charge in [0.05, 0.1) is 23.7 Å². The number of carboxylic acid groups (broad SMARTS) is 1. The van der Waals surface area contributed by atoms with Crippen LogP contribution in [0.2, 0.25) is 0 Å². The van der Waals surface area contributed by atoms with Crippen LogP contribution in [-0.2, 0) is 25.0 Å². The Hall–Kier alpha value is -3.71. The van der Waals surface area contributed by atoms with Gasteiger partial charge in [-0.2, -0.15) is 8.78 Å². The number of aldehydes is 1. The predicted molar refractivity (Wildman–Crippen MR) is 154 cm³/mol. The summed E-state index contributed by atoms with van der Waals surface area (Å²) in [7, 11) is 0. The number of carboxylic acids is 1. The van der Waals surface area contributed by atoms with Crippen molar-refractivity contribution in [1.29, 1.82) is 0 Å². The van der Waals surface area contributed by atoms with Crippen molar-refractivity contribution in [2.45, 2.75) is 88.7 Å². The largest absolute Gasteiger partial charge is 0.480 e. The number of ether oxygens (including phenoxy) is 3. The zero-order chi connectivity index (χ0) is 31.9. The number of aromatic nitrogens is 2. The molecule has 1 amide bonds. The highest BCUT2D eigenvalue weighted by atomic mass is 19.3. The summed E-state index contributed by atoms with van der Waals surface area (Å²) in [6.07, 6.45) is 2.05. The van der Waals surface area contributed by atoms with E-state index in [2.05, 4.69) is 15.3 Å². The molecule has 2 aliphatic heterocycles. The minimum Gasteiger partial charge on any atom is -0.480 e. The van der Waals surface area contributed by atoms with Crippen molar-refractivity contribution >= 4 is 29.4 Å². The number of halogens is 2. The van der Waals surface area contributed by atoms with Crippen LogP contribution in [0.5, 0.6) is 5.88 Å². The first-order chi connectivity index (χ1) is 20.7. The van der Waals surface area contributed by atoms with Gasteiger partial charge in [-0.1, -0.05) is 39.0 Å². The lowest BCUT2D eigenvalue weighted by Gasteiger charge is -2.44. The molecule has 1 aromatic carbocycles. The lowest BCUT2D eigenvalue weighted by Crippen LogP contribution is -2.65. The van der Waals surface area contributed by atoms with Crippen molar-refractivity contribution in [2.24, 2.45) is 5.41 Å². The summed E-state index contributed by atoms with van der Waals surface area (Å²) in [4.78, 5) is 48.6. The lowest BCUT2D eigenvalue weighted by molar-refractivity contribution is -0.143. The van der Waals surface area contributed by atoms with Gasteiger partial charge in [0.1, 0.15) is 29.6 Å². The highest BCUT2D eigenvalue weighted by Gasteiger charge is 2.53. The van der Waals surface area contributed by atoms with Crippen LogP contribution in [0.25, 0.3) is 11.0 Å². The number of rotatable bonds is 2. The molecule has 1 saturated carbocycles. The van der Waals surface area contributed by atoms with Crippen LogP contribution in [0.1, 0.15) is 59.1 Å². The molecule has 2 bridgehead atoms. The number of nitrogens with one attached hydrogen (secondary N) is 1. The van der Waals surface area contributed by atoms with E-state index in [4.69, 9.17) is 14.2 Å². The van der Waals surface area contributed by atoms with Crippen molar-refractivity contribution < 1.29 is 42.5 Å². The molecule has 238 valence electrons. The van der Waals surface area contributed by atoms with Crippen LogP contribution in [0, 0.1) is 5.41 Å². The van der Waals surface area contributed by atoms with Crippen LogP contribution in [0.4, 0.5) is 13.6 Å². The molecule has 2 N–H and O–H groups in total. The van der Waals surface area contributed by atoms with E-state index in [-0.39, 0.29) is 31.6 Å². The van der Waals surface area contributed by atoms with Crippen LogP contribution in [0.15, 0.2) is 36.4 Å². The van der Waals surface area contributed by atoms with Gasteiger partial charge < -0.3 is 29.4 Å². The number of alkyl carbamates (subject to hydrolysis) is 1. The van der Waals surface area contributed by atoms with Gasteiger partial charge in [-0.3, -0.25) is 9.69 Å². The maximum atomic E-state index is 15.8. The summed E-state index contributed by atoms with van der Waals surface area (Å²) < 4.78 is 49.3. The van der Waals surface area contributed by atoms with Gasteiger partial charge in [0.2, 0.25) is 5.88 Å². The first-order valence-electron chi connectivity index (χ1n) is 14.7. The number of hydrogen-bond acceptors (Lipinski definition) is 9. The number of fused-ring (bicyclic) bond motifs is 5. The summed E-state index contributed by atoms with van der Waals surface area (Å²) in [6, 6.07) is 5.38. The molecule has 5 rings (SSSR count). The van der Waals surface area contributed by atoms with Gasteiger partial charge in [0, 0.05) is 19.5 Å². The van der Waals surface area contributed by atoms with Crippen LogP contribution in [0.3, 0.4) is 0 Å². The molecule has 3 aliphatic rings. The van der Waals surface area contributed by atoms with E-state index in [1.807, 2.05) is 0 Å². The van der Waals surface area contributed by atoms with Crippen LogP contribution < -0.4 is 10.1 Å². The molecule has 6 atom stereocenters. The summed E-state index contributed by atoms with van der Waals surface area (Å²) in [5, 5.41) is 12.9. The number of aliphatic carboxylic acids is 1. The zero-order valence-corrected chi connectivity index (χ0v) is 25.2. The van der Waals surface area contributed by atoms with E-state index in [1.165, 1.54) is 11.0 Å². The fraction of sp³-hybridized carbons (Fsp3) is 0.581. The molecule has 0 radical (unpaired) electrons. The zero-order valence-electron chi connectivity index (χ0n) is 25.2. The summed E-state index contributed by atoms with van der Waals surface area (Å²) >= 11 is 0. The van der Waals surface area contributed by atoms with E-state index in [0.717, 1.165) is 0 Å². The Morgan fingerprint density at radius 2 is 1.82 bits per heavy atom. The number of amides is 1. The molecule has 0 spiro atoms. The minimum absolute atomic E-state index is 0.0692. The second kappa shape index (κ2) is 11.7. The first kappa shape index (κ1) is 31.7. The average molecular weight is 617 g/mol. The quantitative estimate of drug-likeness (QED) is 0.372. The maximum Gasteiger partial charge on any atom is 0.408 e. The molecule has 1 aromatic heterocycles. The molecule has 2 aromatic rings.